The van der Waals surface area contributed by atoms with Crippen molar-refractivity contribution in [3.05, 3.63) is 29.8 Å². The molecular formula is C10H14F3N3O2S. The van der Waals surface area contributed by atoms with Crippen molar-refractivity contribution >= 4 is 15.9 Å². The summed E-state index contributed by atoms with van der Waals surface area (Å²) in [7, 11) is -2.58. The van der Waals surface area contributed by atoms with Crippen molar-refractivity contribution in [2.24, 2.45) is 0 Å². The molecule has 19 heavy (non-hydrogen) atoms. The molecule has 0 heterocycles. The highest BCUT2D eigenvalue weighted by atomic mass is 32.2. The molecule has 0 saturated heterocycles. The Morgan fingerprint density at radius 1 is 1.21 bits per heavy atom. The molecule has 1 aromatic carbocycles. The lowest BCUT2D eigenvalue weighted by Gasteiger charge is -2.13. The van der Waals surface area contributed by atoms with Gasteiger partial charge in [-0.2, -0.15) is 26.3 Å². The Balaban J connectivity index is 2.78. The Bertz CT molecular complexity index is 517. The lowest BCUT2D eigenvalue weighted by Crippen LogP contribution is -2.37. The van der Waals surface area contributed by atoms with E-state index in [2.05, 4.69) is 10.0 Å². The van der Waals surface area contributed by atoms with Gasteiger partial charge in [0.05, 0.1) is 5.69 Å². The van der Waals surface area contributed by atoms with Gasteiger partial charge in [-0.15, -0.1) is 0 Å². The number of para-hydroxylation sites is 1. The number of anilines is 1. The predicted molar refractivity (Wildman–Crippen MR) is 65.8 cm³/mol. The second-order valence-electron chi connectivity index (χ2n) is 3.73. The fourth-order valence-corrected chi connectivity index (χ4v) is 2.24. The van der Waals surface area contributed by atoms with Crippen LogP contribution in [0.5, 0.6) is 0 Å². The smallest absolute Gasteiger partial charge is 0.316 e. The summed E-state index contributed by atoms with van der Waals surface area (Å²) < 4.78 is 62.3. The van der Waals surface area contributed by atoms with E-state index in [0.29, 0.717) is 12.1 Å². The largest absolute Gasteiger partial charge is 0.402 e. The third-order valence-corrected chi connectivity index (χ3v) is 3.10. The van der Waals surface area contributed by atoms with Crippen molar-refractivity contribution in [2.45, 2.75) is 12.7 Å². The van der Waals surface area contributed by atoms with Crippen LogP contribution in [0.2, 0.25) is 0 Å². The molecule has 1 rings (SSSR count). The topological polar surface area (TPSA) is 70.2 Å². The number of halogens is 3. The van der Waals surface area contributed by atoms with E-state index in [1.165, 1.54) is 10.8 Å². The average Bonchev–Trinajstić information content (AvgIpc) is 2.29. The van der Waals surface area contributed by atoms with Gasteiger partial charge in [0, 0.05) is 6.54 Å². The summed E-state index contributed by atoms with van der Waals surface area (Å²) in [6.07, 6.45) is -4.60. The van der Waals surface area contributed by atoms with Gasteiger partial charge in [0.1, 0.15) is 6.54 Å². The van der Waals surface area contributed by atoms with Gasteiger partial charge in [-0.1, -0.05) is 18.2 Å². The van der Waals surface area contributed by atoms with Crippen molar-refractivity contribution in [3.63, 3.8) is 0 Å². The fourth-order valence-electron chi connectivity index (χ4n) is 1.32. The highest BCUT2D eigenvalue weighted by molar-refractivity contribution is 7.90. The van der Waals surface area contributed by atoms with Gasteiger partial charge in [-0.05, 0) is 18.7 Å². The number of hydrogen-bond donors (Lipinski definition) is 3. The van der Waals surface area contributed by atoms with Crippen LogP contribution in [-0.4, -0.2) is 28.2 Å². The van der Waals surface area contributed by atoms with Crippen molar-refractivity contribution < 1.29 is 21.6 Å². The quantitative estimate of drug-likeness (QED) is 0.739. The van der Waals surface area contributed by atoms with E-state index >= 15 is 0 Å². The lowest BCUT2D eigenvalue weighted by atomic mass is 10.2. The van der Waals surface area contributed by atoms with E-state index in [1.807, 2.05) is 0 Å². The summed E-state index contributed by atoms with van der Waals surface area (Å²) in [6, 6.07) is 6.42. The zero-order valence-corrected chi connectivity index (χ0v) is 10.9. The van der Waals surface area contributed by atoms with E-state index in [1.54, 1.807) is 25.2 Å². The Hall–Kier alpha value is -1.32. The number of nitrogens with one attached hydrogen (secondary N) is 3. The molecule has 0 saturated carbocycles. The molecule has 1 aromatic rings. The first kappa shape index (κ1) is 15.7. The van der Waals surface area contributed by atoms with E-state index in [-0.39, 0.29) is 5.69 Å². The molecule has 0 spiro atoms. The summed E-state index contributed by atoms with van der Waals surface area (Å²) >= 11 is 0. The minimum Gasteiger partial charge on any atom is -0.316 e. The molecule has 108 valence electrons. The molecule has 0 amide bonds. The zero-order valence-electron chi connectivity index (χ0n) is 10.1. The van der Waals surface area contributed by atoms with Gasteiger partial charge in [-0.3, -0.25) is 4.72 Å². The van der Waals surface area contributed by atoms with Gasteiger partial charge in [0.2, 0.25) is 0 Å². The van der Waals surface area contributed by atoms with Crippen LogP contribution in [0.1, 0.15) is 5.56 Å². The molecule has 0 bridgehead atoms. The summed E-state index contributed by atoms with van der Waals surface area (Å²) in [5.74, 6) is 0. The Morgan fingerprint density at radius 3 is 2.42 bits per heavy atom. The molecular weight excluding hydrogens is 283 g/mol. The minimum absolute atomic E-state index is 0.228. The number of hydrogen-bond acceptors (Lipinski definition) is 3. The second-order valence-corrected chi connectivity index (χ2v) is 5.23. The summed E-state index contributed by atoms with van der Waals surface area (Å²) in [5.41, 5.74) is 0.855. The molecule has 0 aliphatic rings. The maximum atomic E-state index is 12.0. The lowest BCUT2D eigenvalue weighted by molar-refractivity contribution is -0.121. The molecule has 0 fully saturated rings. The Labute approximate surface area is 109 Å². The molecule has 0 radical (unpaired) electrons. The standard InChI is InChI=1S/C10H14F3N3O2S/c1-14-6-8-4-2-3-5-9(8)16-19(17,18)15-7-10(11,12)13/h2-5,14-16H,6-7H2,1H3. The maximum absolute atomic E-state index is 12.0. The molecule has 0 unspecified atom stereocenters. The van der Waals surface area contributed by atoms with Crippen molar-refractivity contribution in [3.8, 4) is 0 Å². The third kappa shape index (κ3) is 5.90. The molecule has 0 atom stereocenters. The van der Waals surface area contributed by atoms with E-state index in [0.717, 1.165) is 0 Å². The predicted octanol–water partition coefficient (Wildman–Crippen LogP) is 1.21. The zero-order chi connectivity index (χ0) is 14.5. The van der Waals surface area contributed by atoms with E-state index in [4.69, 9.17) is 0 Å². The molecule has 0 aromatic heterocycles. The first-order valence-electron chi connectivity index (χ1n) is 5.30. The van der Waals surface area contributed by atoms with Crippen LogP contribution >= 0.6 is 0 Å². The van der Waals surface area contributed by atoms with Gasteiger partial charge in [0.25, 0.3) is 10.2 Å². The minimum atomic E-state index is -4.60. The van der Waals surface area contributed by atoms with Crippen LogP contribution in [0.25, 0.3) is 0 Å². The van der Waals surface area contributed by atoms with Crippen LogP contribution in [0.3, 0.4) is 0 Å². The third-order valence-electron chi connectivity index (χ3n) is 2.09. The fraction of sp³-hybridized carbons (Fsp3) is 0.400. The van der Waals surface area contributed by atoms with Gasteiger partial charge < -0.3 is 5.32 Å². The maximum Gasteiger partial charge on any atom is 0.402 e. The highest BCUT2D eigenvalue weighted by Gasteiger charge is 2.29. The average molecular weight is 297 g/mol. The summed E-state index contributed by atoms with van der Waals surface area (Å²) in [6.45, 7) is -1.23. The van der Waals surface area contributed by atoms with Gasteiger partial charge in [-0.25, -0.2) is 0 Å². The normalized spacial score (nSPS) is 12.4. The van der Waals surface area contributed by atoms with Crippen molar-refractivity contribution in [1.82, 2.24) is 10.0 Å². The number of rotatable bonds is 6. The molecule has 0 aliphatic heterocycles. The van der Waals surface area contributed by atoms with Gasteiger partial charge in [0.15, 0.2) is 0 Å². The van der Waals surface area contributed by atoms with Crippen molar-refractivity contribution in [1.29, 1.82) is 0 Å². The van der Waals surface area contributed by atoms with Crippen molar-refractivity contribution in [2.75, 3.05) is 18.3 Å². The summed E-state index contributed by atoms with van der Waals surface area (Å²) in [5, 5.41) is 2.83. The van der Waals surface area contributed by atoms with Crippen LogP contribution in [-0.2, 0) is 16.8 Å². The Kier molecular flexibility index (Phi) is 5.15. The molecule has 5 nitrogen and oxygen atoms in total. The number of alkyl halides is 3. The van der Waals surface area contributed by atoms with Gasteiger partial charge >= 0.3 is 6.18 Å². The monoisotopic (exact) mass is 297 g/mol. The van der Waals surface area contributed by atoms with Crippen LogP contribution in [0.15, 0.2) is 24.3 Å². The highest BCUT2D eigenvalue weighted by Crippen LogP contribution is 2.17. The summed E-state index contributed by atoms with van der Waals surface area (Å²) in [4.78, 5) is 0. The van der Waals surface area contributed by atoms with Crippen LogP contribution in [0.4, 0.5) is 18.9 Å². The van der Waals surface area contributed by atoms with E-state index < -0.39 is 22.9 Å². The first-order chi connectivity index (χ1) is 8.73. The number of benzene rings is 1. The molecule has 9 heteroatoms. The Morgan fingerprint density at radius 2 is 1.84 bits per heavy atom. The molecule has 3 N–H and O–H groups in total. The van der Waals surface area contributed by atoms with E-state index in [9.17, 15) is 21.6 Å². The van der Waals surface area contributed by atoms with Crippen LogP contribution in [0, 0.1) is 0 Å². The van der Waals surface area contributed by atoms with Crippen LogP contribution < -0.4 is 14.8 Å². The second kappa shape index (κ2) is 6.22. The SMILES string of the molecule is CNCc1ccccc1NS(=O)(=O)NCC(F)(F)F. The molecule has 0 aliphatic carbocycles. The first-order valence-corrected chi connectivity index (χ1v) is 6.78.